The quantitative estimate of drug-likeness (QED) is 0.465. The summed E-state index contributed by atoms with van der Waals surface area (Å²) < 4.78 is 8.36. The number of ether oxygens (including phenoxy) is 1. The van der Waals surface area contributed by atoms with Gasteiger partial charge in [-0.15, -0.1) is 17.9 Å². The molecule has 5 rings (SSSR count). The van der Waals surface area contributed by atoms with E-state index in [1.165, 1.54) is 16.9 Å². The summed E-state index contributed by atoms with van der Waals surface area (Å²) >= 11 is 1.43. The maximum atomic E-state index is 13.0. The van der Waals surface area contributed by atoms with Gasteiger partial charge in [0.25, 0.3) is 5.56 Å². The van der Waals surface area contributed by atoms with Crippen molar-refractivity contribution in [3.8, 4) is 11.3 Å². The van der Waals surface area contributed by atoms with Crippen LogP contribution >= 0.6 is 11.3 Å². The van der Waals surface area contributed by atoms with Gasteiger partial charge < -0.3 is 4.74 Å². The molecule has 0 saturated heterocycles. The third kappa shape index (κ3) is 2.91. The Kier molecular flexibility index (Phi) is 4.15. The predicted molar refractivity (Wildman–Crippen MR) is 117 cm³/mol. The van der Waals surface area contributed by atoms with Gasteiger partial charge >= 0.3 is 0 Å². The number of allylic oxidation sites excluding steroid dienone is 1. The average molecular weight is 404 g/mol. The maximum Gasteiger partial charge on any atom is 0.271 e. The van der Waals surface area contributed by atoms with Crippen LogP contribution in [0.4, 0.5) is 0 Å². The first-order chi connectivity index (χ1) is 14.0. The van der Waals surface area contributed by atoms with E-state index >= 15 is 0 Å². The molecule has 0 bridgehead atoms. The van der Waals surface area contributed by atoms with Crippen molar-refractivity contribution in [3.63, 3.8) is 0 Å². The number of rotatable bonds is 3. The molecular weight excluding hydrogens is 382 g/mol. The topological polar surface area (TPSA) is 57.0 Å². The van der Waals surface area contributed by atoms with Crippen LogP contribution in [-0.4, -0.2) is 20.1 Å². The fourth-order valence-corrected chi connectivity index (χ4v) is 5.11. The van der Waals surface area contributed by atoms with E-state index in [0.29, 0.717) is 17.9 Å². The Morgan fingerprint density at radius 1 is 1.28 bits per heavy atom. The summed E-state index contributed by atoms with van der Waals surface area (Å²) in [5.74, 6) is 0. The second-order valence-corrected chi connectivity index (χ2v) is 8.96. The minimum atomic E-state index is -0.276. The van der Waals surface area contributed by atoms with Crippen molar-refractivity contribution in [1.82, 2.24) is 14.5 Å². The van der Waals surface area contributed by atoms with Gasteiger partial charge in [-0.1, -0.05) is 36.4 Å². The Morgan fingerprint density at radius 3 is 2.83 bits per heavy atom. The summed E-state index contributed by atoms with van der Waals surface area (Å²) in [4.78, 5) is 23.5. The Bertz CT molecular complexity index is 1320. The van der Waals surface area contributed by atoms with Gasteiger partial charge in [-0.3, -0.25) is 9.36 Å². The van der Waals surface area contributed by atoms with Crippen molar-refractivity contribution in [3.05, 3.63) is 70.8 Å². The summed E-state index contributed by atoms with van der Waals surface area (Å²) in [5, 5.41) is 0.999. The van der Waals surface area contributed by atoms with Gasteiger partial charge in [0.15, 0.2) is 0 Å². The Hall–Kier alpha value is -2.83. The van der Waals surface area contributed by atoms with Gasteiger partial charge in [0, 0.05) is 29.5 Å². The number of pyridine rings is 1. The second-order valence-electron chi connectivity index (χ2n) is 7.96. The molecule has 1 aromatic carbocycles. The zero-order valence-electron chi connectivity index (χ0n) is 16.4. The normalized spacial score (nSPS) is 15.5. The van der Waals surface area contributed by atoms with E-state index in [2.05, 4.69) is 37.5 Å². The lowest BCUT2D eigenvalue weighted by Crippen LogP contribution is -2.32. The first-order valence-corrected chi connectivity index (χ1v) is 10.4. The van der Waals surface area contributed by atoms with E-state index in [9.17, 15) is 4.79 Å². The monoisotopic (exact) mass is 403 g/mol. The molecule has 0 N–H and O–H groups in total. The summed E-state index contributed by atoms with van der Waals surface area (Å²) in [7, 11) is 0. The number of benzene rings is 1. The summed E-state index contributed by atoms with van der Waals surface area (Å²) in [6, 6.07) is 10.2. The van der Waals surface area contributed by atoms with Gasteiger partial charge in [0.05, 0.1) is 29.7 Å². The molecule has 6 heteroatoms. The highest BCUT2D eigenvalue weighted by Crippen LogP contribution is 2.42. The highest BCUT2D eigenvalue weighted by molar-refractivity contribution is 7.25. The van der Waals surface area contributed by atoms with Crippen molar-refractivity contribution in [2.75, 3.05) is 0 Å². The third-order valence-electron chi connectivity index (χ3n) is 5.39. The van der Waals surface area contributed by atoms with Gasteiger partial charge in [0.1, 0.15) is 9.53 Å². The van der Waals surface area contributed by atoms with E-state index in [0.717, 1.165) is 39.0 Å². The predicted octanol–water partition coefficient (Wildman–Crippen LogP) is 4.71. The summed E-state index contributed by atoms with van der Waals surface area (Å²) in [6.07, 6.45) is 4.07. The largest absolute Gasteiger partial charge is 0.370 e. The molecule has 0 amide bonds. The third-order valence-corrected chi connectivity index (χ3v) is 6.45. The van der Waals surface area contributed by atoms with E-state index in [-0.39, 0.29) is 11.2 Å². The van der Waals surface area contributed by atoms with Crippen molar-refractivity contribution in [2.24, 2.45) is 0 Å². The maximum absolute atomic E-state index is 13.0. The molecule has 29 heavy (non-hydrogen) atoms. The van der Waals surface area contributed by atoms with Crippen LogP contribution in [0, 0.1) is 0 Å². The zero-order valence-corrected chi connectivity index (χ0v) is 17.3. The van der Waals surface area contributed by atoms with Crippen molar-refractivity contribution < 1.29 is 4.74 Å². The molecule has 146 valence electrons. The molecule has 0 saturated carbocycles. The lowest BCUT2D eigenvalue weighted by molar-refractivity contribution is -0.0394. The molecule has 1 aliphatic rings. The molecule has 4 aromatic rings. The zero-order chi connectivity index (χ0) is 20.2. The van der Waals surface area contributed by atoms with E-state index < -0.39 is 0 Å². The number of thiophene rings is 1. The first kappa shape index (κ1) is 18.2. The minimum absolute atomic E-state index is 0.0424. The molecule has 0 fully saturated rings. The number of hydrogen-bond donors (Lipinski definition) is 0. The van der Waals surface area contributed by atoms with Crippen molar-refractivity contribution in [1.29, 1.82) is 0 Å². The number of aromatic nitrogens is 3. The fraction of sp³-hybridized carbons (Fsp3) is 0.261. The molecule has 0 spiro atoms. The van der Waals surface area contributed by atoms with Crippen LogP contribution in [0.25, 0.3) is 31.7 Å². The van der Waals surface area contributed by atoms with Crippen molar-refractivity contribution >= 4 is 31.8 Å². The van der Waals surface area contributed by atoms with Crippen LogP contribution in [-0.2, 0) is 24.3 Å². The van der Waals surface area contributed by atoms with Gasteiger partial charge in [0.2, 0.25) is 0 Å². The van der Waals surface area contributed by atoms with Crippen molar-refractivity contribution in [2.45, 2.75) is 39.0 Å². The highest BCUT2D eigenvalue weighted by atomic mass is 32.1. The Morgan fingerprint density at radius 2 is 2.07 bits per heavy atom. The molecule has 0 aliphatic carbocycles. The van der Waals surface area contributed by atoms with Crippen LogP contribution in [0.2, 0.25) is 0 Å². The van der Waals surface area contributed by atoms with E-state index in [4.69, 9.17) is 9.72 Å². The standard InChI is InChI=1S/C23H21N3O2S/c1-4-10-26-13-24-19-17-15-11-23(2,3)28-12-16(15)18(14-8-6-5-7-9-14)25-21(17)29-20(19)22(26)27/h4-9,13H,1,10-12H2,2-3H3. The van der Waals surface area contributed by atoms with E-state index in [1.54, 1.807) is 17.0 Å². The smallest absolute Gasteiger partial charge is 0.271 e. The second kappa shape index (κ2) is 6.61. The van der Waals surface area contributed by atoms with Crippen LogP contribution in [0.1, 0.15) is 25.0 Å². The summed E-state index contributed by atoms with van der Waals surface area (Å²) in [6.45, 7) is 8.87. The molecule has 0 unspecified atom stereocenters. The minimum Gasteiger partial charge on any atom is -0.370 e. The number of hydrogen-bond acceptors (Lipinski definition) is 5. The molecule has 1 aliphatic heterocycles. The Labute approximate surface area is 172 Å². The fourth-order valence-electron chi connectivity index (χ4n) is 4.00. The molecule has 5 nitrogen and oxygen atoms in total. The van der Waals surface area contributed by atoms with Gasteiger partial charge in [-0.05, 0) is 19.4 Å². The molecule has 0 atom stereocenters. The Balaban J connectivity index is 1.88. The molecule has 4 heterocycles. The molecule has 0 radical (unpaired) electrons. The number of fused-ring (bicyclic) bond motifs is 5. The average Bonchev–Trinajstić information content (AvgIpc) is 3.09. The van der Waals surface area contributed by atoms with Crippen LogP contribution in [0.3, 0.4) is 0 Å². The van der Waals surface area contributed by atoms with Crippen LogP contribution < -0.4 is 5.56 Å². The highest BCUT2D eigenvalue weighted by Gasteiger charge is 2.32. The van der Waals surface area contributed by atoms with Gasteiger partial charge in [-0.25, -0.2) is 9.97 Å². The lowest BCUT2D eigenvalue weighted by atomic mass is 9.88. The first-order valence-electron chi connectivity index (χ1n) is 9.62. The van der Waals surface area contributed by atoms with Crippen LogP contribution in [0.15, 0.2) is 54.1 Å². The van der Waals surface area contributed by atoms with E-state index in [1.807, 2.05) is 18.2 Å². The van der Waals surface area contributed by atoms with Gasteiger partial charge in [-0.2, -0.15) is 0 Å². The molecule has 3 aromatic heterocycles. The lowest BCUT2D eigenvalue weighted by Gasteiger charge is -2.33. The number of nitrogens with zero attached hydrogens (tertiary/aromatic N) is 3. The van der Waals surface area contributed by atoms with Crippen LogP contribution in [0.5, 0.6) is 0 Å². The SMILES string of the molecule is C=CCn1cnc2c(sc3nc(-c4ccccc4)c4c(c32)CC(C)(C)OC4)c1=O. The summed E-state index contributed by atoms with van der Waals surface area (Å²) in [5.41, 5.74) is 4.71. The molecular formula is C23H21N3O2S.